The van der Waals surface area contributed by atoms with Crippen LogP contribution in [0.25, 0.3) is 10.9 Å². The lowest BCUT2D eigenvalue weighted by Crippen LogP contribution is -2.08. The largest absolute Gasteiger partial charge is 0.388 e. The van der Waals surface area contributed by atoms with Crippen molar-refractivity contribution in [1.82, 2.24) is 9.97 Å². The van der Waals surface area contributed by atoms with Gasteiger partial charge in [0.15, 0.2) is 6.29 Å². The number of fused-ring (bicyclic) bond motifs is 1. The van der Waals surface area contributed by atoms with Crippen molar-refractivity contribution in [2.24, 2.45) is 0 Å². The Labute approximate surface area is 167 Å². The minimum absolute atomic E-state index is 0.397. The number of hydrogen-bond acceptors (Lipinski definition) is 6. The molecule has 0 aliphatic heterocycles. The van der Waals surface area contributed by atoms with Crippen molar-refractivity contribution in [2.45, 2.75) is 20.3 Å². The molecule has 2 aromatic carbocycles. The Hall–Kier alpha value is -3.00. The number of carbonyl (C=O) groups is 1. The smallest absolute Gasteiger partial charge is 0.152 e. The molecule has 3 aromatic rings. The average Bonchev–Trinajstić information content (AvgIpc) is 2.70. The second-order valence-electron chi connectivity index (χ2n) is 6.05. The summed E-state index contributed by atoms with van der Waals surface area (Å²) in [7, 11) is 0.918. The highest BCUT2D eigenvalue weighted by molar-refractivity contribution is 7.86. The maximum absolute atomic E-state index is 11.5. The maximum atomic E-state index is 11.5. The fourth-order valence-corrected chi connectivity index (χ4v) is 3.41. The molecule has 1 heterocycles. The highest BCUT2D eigenvalue weighted by atomic mass is 32.2. The van der Waals surface area contributed by atoms with Crippen LogP contribution in [0.15, 0.2) is 42.7 Å². The third-order valence-electron chi connectivity index (χ3n) is 3.98. The summed E-state index contributed by atoms with van der Waals surface area (Å²) in [5.74, 6) is 1.08. The van der Waals surface area contributed by atoms with Gasteiger partial charge in [-0.1, -0.05) is 19.1 Å². The van der Waals surface area contributed by atoms with Crippen LogP contribution in [0, 0.1) is 6.92 Å². The van der Waals surface area contributed by atoms with Crippen LogP contribution in [0.2, 0.25) is 0 Å². The zero-order chi connectivity index (χ0) is 20.5. The number of carbonyl (C=O) groups excluding carboxylic acids is 1. The molecule has 3 rings (SSSR count). The van der Waals surface area contributed by atoms with Gasteiger partial charge < -0.3 is 15.8 Å². The molecule has 0 saturated heterocycles. The van der Waals surface area contributed by atoms with E-state index in [4.69, 9.17) is 5.73 Å². The Bertz CT molecular complexity index is 978. The summed E-state index contributed by atoms with van der Waals surface area (Å²) in [6.07, 6.45) is 3.03. The van der Waals surface area contributed by atoms with Crippen LogP contribution in [0.4, 0.5) is 17.2 Å². The van der Waals surface area contributed by atoms with E-state index in [0.717, 1.165) is 24.1 Å². The van der Waals surface area contributed by atoms with Gasteiger partial charge in [-0.2, -0.15) is 0 Å². The first-order valence-corrected chi connectivity index (χ1v) is 10.2. The van der Waals surface area contributed by atoms with Crippen molar-refractivity contribution < 1.29 is 9.00 Å². The molecular formula is C20H25N5O2S. The van der Waals surface area contributed by atoms with E-state index < -0.39 is 11.0 Å². The van der Waals surface area contributed by atoms with E-state index in [1.807, 2.05) is 39.1 Å². The summed E-state index contributed by atoms with van der Waals surface area (Å²) in [4.78, 5) is 18.5. The van der Waals surface area contributed by atoms with Crippen LogP contribution in [-0.2, 0) is 11.0 Å². The van der Waals surface area contributed by atoms with Gasteiger partial charge in [0.25, 0.3) is 0 Å². The number of nitrogens with one attached hydrogen (secondary N) is 2. The van der Waals surface area contributed by atoms with Crippen molar-refractivity contribution in [3.05, 3.63) is 53.9 Å². The number of nitrogen functional groups attached to an aromatic ring is 1. The number of aromatic nitrogens is 2. The predicted octanol–water partition coefficient (Wildman–Crippen LogP) is 3.55. The van der Waals surface area contributed by atoms with Crippen LogP contribution >= 0.6 is 0 Å². The van der Waals surface area contributed by atoms with Crippen molar-refractivity contribution in [3.63, 3.8) is 0 Å². The number of benzene rings is 2. The number of hydrogen-bond donors (Lipinski definition) is 3. The molecule has 0 radical (unpaired) electrons. The summed E-state index contributed by atoms with van der Waals surface area (Å²) < 4.78 is 14.5. The van der Waals surface area contributed by atoms with E-state index in [9.17, 15) is 9.00 Å². The lowest BCUT2D eigenvalue weighted by Gasteiger charge is -2.09. The minimum atomic E-state index is -0.966. The van der Waals surface area contributed by atoms with Crippen LogP contribution in [0.3, 0.4) is 0 Å². The molecule has 0 saturated carbocycles. The van der Waals surface area contributed by atoms with Crippen molar-refractivity contribution in [3.8, 4) is 0 Å². The monoisotopic (exact) mass is 399 g/mol. The third kappa shape index (κ3) is 5.50. The molecule has 0 spiro atoms. The SMILES string of the molecule is CCCS(=O)Nc1ccc(C)c(NC)c1.Nc1ncnc2c(C=O)cccc12. The molecule has 0 aliphatic carbocycles. The summed E-state index contributed by atoms with van der Waals surface area (Å²) in [5, 5.41) is 3.82. The molecule has 28 heavy (non-hydrogen) atoms. The molecular weight excluding hydrogens is 374 g/mol. The van der Waals surface area contributed by atoms with Crippen molar-refractivity contribution >= 4 is 45.4 Å². The quantitative estimate of drug-likeness (QED) is 0.547. The van der Waals surface area contributed by atoms with Gasteiger partial charge in [-0.3, -0.25) is 4.79 Å². The molecule has 0 bridgehead atoms. The Kier molecular flexibility index (Phi) is 7.88. The van der Waals surface area contributed by atoms with E-state index in [0.29, 0.717) is 28.0 Å². The number of nitrogens with zero attached hydrogens (tertiary/aromatic N) is 2. The number of aryl methyl sites for hydroxylation is 1. The second kappa shape index (κ2) is 10.4. The highest BCUT2D eigenvalue weighted by Gasteiger charge is 2.03. The molecule has 0 amide bonds. The number of rotatable bonds is 6. The predicted molar refractivity (Wildman–Crippen MR) is 117 cm³/mol. The van der Waals surface area contributed by atoms with Gasteiger partial charge >= 0.3 is 0 Å². The van der Waals surface area contributed by atoms with Crippen LogP contribution in [-0.4, -0.2) is 33.3 Å². The molecule has 0 fully saturated rings. The van der Waals surface area contributed by atoms with Crippen molar-refractivity contribution in [1.29, 1.82) is 0 Å². The van der Waals surface area contributed by atoms with Gasteiger partial charge in [0.1, 0.15) is 23.1 Å². The summed E-state index contributed by atoms with van der Waals surface area (Å²) in [5.41, 5.74) is 9.90. The van der Waals surface area contributed by atoms with Gasteiger partial charge in [0.05, 0.1) is 5.52 Å². The van der Waals surface area contributed by atoms with E-state index in [-0.39, 0.29) is 0 Å². The molecule has 1 atom stereocenters. The Morgan fingerprint density at radius 2 is 2.00 bits per heavy atom. The third-order valence-corrected chi connectivity index (χ3v) is 5.22. The van der Waals surface area contributed by atoms with E-state index in [1.165, 1.54) is 11.9 Å². The van der Waals surface area contributed by atoms with Gasteiger partial charge in [-0.25, -0.2) is 14.2 Å². The molecule has 1 aromatic heterocycles. The zero-order valence-corrected chi connectivity index (χ0v) is 17.0. The van der Waals surface area contributed by atoms with Crippen molar-refractivity contribution in [2.75, 3.05) is 28.6 Å². The Morgan fingerprint density at radius 3 is 2.68 bits per heavy atom. The maximum Gasteiger partial charge on any atom is 0.152 e. The first kappa shape index (κ1) is 21.3. The number of aldehydes is 1. The molecule has 0 aliphatic rings. The second-order valence-corrected chi connectivity index (χ2v) is 7.35. The summed E-state index contributed by atoms with van der Waals surface area (Å²) in [6, 6.07) is 11.2. The topological polar surface area (TPSA) is 110 Å². The molecule has 7 nitrogen and oxygen atoms in total. The Morgan fingerprint density at radius 1 is 1.21 bits per heavy atom. The van der Waals surface area contributed by atoms with Gasteiger partial charge in [-0.15, -0.1) is 0 Å². The standard InChI is InChI=1S/C11H18N2OS.C9H7N3O/c1-4-7-15(14)13-10-6-5-9(2)11(8-10)12-3;10-9-7-3-1-2-6(4-13)8(7)11-5-12-9/h5-6,8,12-13H,4,7H2,1-3H3;1-5H,(H2,10,11,12). The fraction of sp³-hybridized carbons (Fsp3) is 0.250. The van der Waals surface area contributed by atoms with Gasteiger partial charge in [-0.05, 0) is 43.2 Å². The van der Waals surface area contributed by atoms with E-state index in [2.05, 4.69) is 20.0 Å². The Balaban J connectivity index is 0.000000202. The first-order chi connectivity index (χ1) is 13.5. The number of nitrogens with two attached hydrogens (primary N) is 1. The van der Waals surface area contributed by atoms with E-state index in [1.54, 1.807) is 18.2 Å². The average molecular weight is 400 g/mol. The van der Waals surface area contributed by atoms with Crippen LogP contribution in [0.1, 0.15) is 29.3 Å². The first-order valence-electron chi connectivity index (χ1n) is 8.88. The van der Waals surface area contributed by atoms with E-state index >= 15 is 0 Å². The molecule has 4 N–H and O–H groups in total. The van der Waals surface area contributed by atoms with Crippen LogP contribution in [0.5, 0.6) is 0 Å². The molecule has 148 valence electrons. The fourth-order valence-electron chi connectivity index (χ4n) is 2.55. The normalized spacial score (nSPS) is 11.2. The molecule has 8 heteroatoms. The van der Waals surface area contributed by atoms with Gasteiger partial charge in [0, 0.05) is 35.1 Å². The van der Waals surface area contributed by atoms with Crippen LogP contribution < -0.4 is 15.8 Å². The number of anilines is 3. The lowest BCUT2D eigenvalue weighted by molar-refractivity contribution is 0.112. The summed E-state index contributed by atoms with van der Waals surface area (Å²) >= 11 is 0. The number of para-hydroxylation sites is 1. The summed E-state index contributed by atoms with van der Waals surface area (Å²) in [6.45, 7) is 4.06. The zero-order valence-electron chi connectivity index (χ0n) is 16.2. The lowest BCUT2D eigenvalue weighted by atomic mass is 10.1. The minimum Gasteiger partial charge on any atom is -0.388 e. The molecule has 1 unspecified atom stereocenters. The van der Waals surface area contributed by atoms with Gasteiger partial charge in [0.2, 0.25) is 0 Å². The highest BCUT2D eigenvalue weighted by Crippen LogP contribution is 2.20.